The van der Waals surface area contributed by atoms with Crippen LogP contribution >= 0.6 is 0 Å². The molecule has 3 N–H and O–H groups in total. The molecule has 0 aromatic carbocycles. The number of hydrogen-bond acceptors (Lipinski definition) is 4. The Balaban J connectivity index is 2.84. The SMILES string of the molecule is CC(CC(F)(F)F)NC(=O)c1nc(C(C)C)ncc1N. The summed E-state index contributed by atoms with van der Waals surface area (Å²) in [5.41, 5.74) is 5.52. The lowest BCUT2D eigenvalue weighted by atomic mass is 10.2. The summed E-state index contributed by atoms with van der Waals surface area (Å²) < 4.78 is 36.6. The highest BCUT2D eigenvalue weighted by Gasteiger charge is 2.31. The minimum atomic E-state index is -4.34. The lowest BCUT2D eigenvalue weighted by Crippen LogP contribution is -2.37. The molecule has 0 bridgehead atoms. The molecule has 0 radical (unpaired) electrons. The molecule has 20 heavy (non-hydrogen) atoms. The first-order valence-corrected chi connectivity index (χ1v) is 6.10. The van der Waals surface area contributed by atoms with Crippen LogP contribution in [0.1, 0.15) is 49.4 Å². The summed E-state index contributed by atoms with van der Waals surface area (Å²) in [6.45, 7) is 4.94. The van der Waals surface area contributed by atoms with Crippen molar-refractivity contribution in [2.24, 2.45) is 0 Å². The number of halogens is 3. The molecule has 1 unspecified atom stereocenters. The lowest BCUT2D eigenvalue weighted by Gasteiger charge is -2.16. The van der Waals surface area contributed by atoms with Crippen LogP contribution in [-0.4, -0.2) is 28.1 Å². The topological polar surface area (TPSA) is 80.9 Å². The number of aromatic nitrogens is 2. The fourth-order valence-electron chi connectivity index (χ4n) is 1.56. The van der Waals surface area contributed by atoms with E-state index in [9.17, 15) is 18.0 Å². The Morgan fingerprint density at radius 1 is 1.40 bits per heavy atom. The van der Waals surface area contributed by atoms with Gasteiger partial charge in [-0.2, -0.15) is 13.2 Å². The highest BCUT2D eigenvalue weighted by Crippen LogP contribution is 2.21. The molecule has 1 aromatic rings. The third-order valence-electron chi connectivity index (χ3n) is 2.48. The zero-order valence-electron chi connectivity index (χ0n) is 11.5. The van der Waals surface area contributed by atoms with Crippen LogP contribution in [-0.2, 0) is 0 Å². The van der Waals surface area contributed by atoms with Crippen LogP contribution in [0.2, 0.25) is 0 Å². The number of nitrogen functional groups attached to an aromatic ring is 1. The molecule has 0 aliphatic heterocycles. The summed E-state index contributed by atoms with van der Waals surface area (Å²) in [4.78, 5) is 19.8. The number of nitrogens with zero attached hydrogens (tertiary/aromatic N) is 2. The summed E-state index contributed by atoms with van der Waals surface area (Å²) >= 11 is 0. The second-order valence-electron chi connectivity index (χ2n) is 4.88. The molecule has 1 heterocycles. The quantitative estimate of drug-likeness (QED) is 0.891. The van der Waals surface area contributed by atoms with Gasteiger partial charge >= 0.3 is 6.18 Å². The van der Waals surface area contributed by atoms with Crippen LogP contribution < -0.4 is 11.1 Å². The van der Waals surface area contributed by atoms with Crippen molar-refractivity contribution in [2.45, 2.75) is 45.3 Å². The van der Waals surface area contributed by atoms with Crippen molar-refractivity contribution >= 4 is 11.6 Å². The van der Waals surface area contributed by atoms with Crippen molar-refractivity contribution in [2.75, 3.05) is 5.73 Å². The summed E-state index contributed by atoms with van der Waals surface area (Å²) in [6, 6.07) is -1.06. The van der Waals surface area contributed by atoms with Crippen LogP contribution in [0, 0.1) is 0 Å². The zero-order chi connectivity index (χ0) is 15.5. The number of nitrogens with one attached hydrogen (secondary N) is 1. The predicted molar refractivity (Wildman–Crippen MR) is 68.1 cm³/mol. The molecule has 1 rings (SSSR count). The van der Waals surface area contributed by atoms with E-state index < -0.39 is 24.5 Å². The van der Waals surface area contributed by atoms with Gasteiger partial charge in [-0.1, -0.05) is 13.8 Å². The summed E-state index contributed by atoms with van der Waals surface area (Å²) in [5, 5.41) is 2.23. The maximum absolute atomic E-state index is 12.2. The van der Waals surface area contributed by atoms with E-state index in [-0.39, 0.29) is 17.3 Å². The third-order valence-corrected chi connectivity index (χ3v) is 2.48. The van der Waals surface area contributed by atoms with Crippen molar-refractivity contribution in [3.05, 3.63) is 17.7 Å². The number of anilines is 1. The van der Waals surface area contributed by atoms with Crippen molar-refractivity contribution in [1.29, 1.82) is 0 Å². The molecule has 0 saturated heterocycles. The standard InChI is InChI=1S/C12H17F3N4O/c1-6(2)10-17-5-8(16)9(19-10)11(20)18-7(3)4-12(13,14)15/h5-7H,4,16H2,1-3H3,(H,18,20). The lowest BCUT2D eigenvalue weighted by molar-refractivity contribution is -0.138. The van der Waals surface area contributed by atoms with E-state index in [0.717, 1.165) is 0 Å². The van der Waals surface area contributed by atoms with Gasteiger partial charge in [0.05, 0.1) is 18.3 Å². The second-order valence-corrected chi connectivity index (χ2v) is 4.88. The number of carbonyl (C=O) groups excluding carboxylic acids is 1. The largest absolute Gasteiger partial charge is 0.396 e. The number of nitrogens with two attached hydrogens (primary N) is 1. The Morgan fingerprint density at radius 2 is 2.00 bits per heavy atom. The van der Waals surface area contributed by atoms with Gasteiger partial charge in [0.15, 0.2) is 5.69 Å². The first-order valence-electron chi connectivity index (χ1n) is 6.10. The Hall–Kier alpha value is -1.86. The molecule has 0 saturated carbocycles. The number of rotatable bonds is 4. The molecular formula is C12H17F3N4O. The monoisotopic (exact) mass is 290 g/mol. The molecule has 1 amide bonds. The normalized spacial score (nSPS) is 13.3. The Morgan fingerprint density at radius 3 is 2.50 bits per heavy atom. The van der Waals surface area contributed by atoms with Crippen LogP contribution in [0.15, 0.2) is 6.20 Å². The highest BCUT2D eigenvalue weighted by atomic mass is 19.4. The van der Waals surface area contributed by atoms with Crippen LogP contribution in [0.5, 0.6) is 0 Å². The smallest absolute Gasteiger partial charge is 0.391 e. The minimum absolute atomic E-state index is 0.0188. The van der Waals surface area contributed by atoms with Gasteiger partial charge in [0.1, 0.15) is 5.82 Å². The van der Waals surface area contributed by atoms with Gasteiger partial charge in [-0.15, -0.1) is 0 Å². The van der Waals surface area contributed by atoms with Crippen molar-refractivity contribution < 1.29 is 18.0 Å². The zero-order valence-corrected chi connectivity index (χ0v) is 11.5. The van der Waals surface area contributed by atoms with Gasteiger partial charge in [0.2, 0.25) is 0 Å². The van der Waals surface area contributed by atoms with Crippen molar-refractivity contribution in [3.63, 3.8) is 0 Å². The first-order chi connectivity index (χ1) is 9.10. The van der Waals surface area contributed by atoms with Gasteiger partial charge in [-0.05, 0) is 6.92 Å². The molecule has 0 aliphatic carbocycles. The average molecular weight is 290 g/mol. The number of carbonyl (C=O) groups is 1. The maximum atomic E-state index is 12.2. The Labute approximate surface area is 114 Å². The van der Waals surface area contributed by atoms with Crippen LogP contribution in [0.25, 0.3) is 0 Å². The fourth-order valence-corrected chi connectivity index (χ4v) is 1.56. The van der Waals surface area contributed by atoms with E-state index in [2.05, 4.69) is 15.3 Å². The Kier molecular flexibility index (Phi) is 4.91. The van der Waals surface area contributed by atoms with E-state index in [1.165, 1.54) is 13.1 Å². The molecular weight excluding hydrogens is 273 g/mol. The second kappa shape index (κ2) is 6.06. The molecule has 0 aliphatic rings. The number of hydrogen-bond donors (Lipinski definition) is 2. The minimum Gasteiger partial charge on any atom is -0.396 e. The van der Waals surface area contributed by atoms with Crippen molar-refractivity contribution in [1.82, 2.24) is 15.3 Å². The summed E-state index contributed by atoms with van der Waals surface area (Å²) in [5.74, 6) is -0.342. The fraction of sp³-hybridized carbons (Fsp3) is 0.583. The van der Waals surface area contributed by atoms with Gasteiger partial charge in [0, 0.05) is 12.0 Å². The van der Waals surface area contributed by atoms with Gasteiger partial charge in [-0.25, -0.2) is 9.97 Å². The molecule has 1 atom stereocenters. The number of alkyl halides is 3. The maximum Gasteiger partial charge on any atom is 0.391 e. The van der Waals surface area contributed by atoms with E-state index >= 15 is 0 Å². The molecule has 0 spiro atoms. The van der Waals surface area contributed by atoms with Gasteiger partial charge < -0.3 is 11.1 Å². The van der Waals surface area contributed by atoms with E-state index in [4.69, 9.17) is 5.73 Å². The highest BCUT2D eigenvalue weighted by molar-refractivity contribution is 5.97. The number of amides is 1. The molecule has 0 fully saturated rings. The van der Waals surface area contributed by atoms with E-state index in [1.807, 2.05) is 13.8 Å². The average Bonchev–Trinajstić information content (AvgIpc) is 2.26. The third kappa shape index (κ3) is 4.67. The van der Waals surface area contributed by atoms with Crippen LogP contribution in [0.3, 0.4) is 0 Å². The first kappa shape index (κ1) is 16.2. The van der Waals surface area contributed by atoms with E-state index in [1.54, 1.807) is 0 Å². The van der Waals surface area contributed by atoms with Gasteiger partial charge in [-0.3, -0.25) is 4.79 Å². The van der Waals surface area contributed by atoms with E-state index in [0.29, 0.717) is 5.82 Å². The summed E-state index contributed by atoms with van der Waals surface area (Å²) in [7, 11) is 0. The predicted octanol–water partition coefficient (Wildman–Crippen LogP) is 2.25. The molecule has 112 valence electrons. The molecule has 8 heteroatoms. The molecule has 1 aromatic heterocycles. The molecule has 5 nitrogen and oxygen atoms in total. The van der Waals surface area contributed by atoms with Crippen LogP contribution in [0.4, 0.5) is 18.9 Å². The van der Waals surface area contributed by atoms with Gasteiger partial charge in [0.25, 0.3) is 5.91 Å². The Bertz CT molecular complexity index is 488. The summed E-state index contributed by atoms with van der Waals surface area (Å²) in [6.07, 6.45) is -4.17. The van der Waals surface area contributed by atoms with Crippen molar-refractivity contribution in [3.8, 4) is 0 Å².